The van der Waals surface area contributed by atoms with Crippen molar-refractivity contribution in [1.29, 1.82) is 0 Å². The molecule has 2 atom stereocenters. The Labute approximate surface area is 101 Å². The average molecular weight is 248 g/mol. The van der Waals surface area contributed by atoms with Crippen molar-refractivity contribution >= 4 is 17.5 Å². The Kier molecular flexibility index (Phi) is 2.16. The fourth-order valence-corrected chi connectivity index (χ4v) is 2.02. The van der Waals surface area contributed by atoms with Gasteiger partial charge in [-0.15, -0.1) is 0 Å². The second kappa shape index (κ2) is 3.59. The SMILES string of the molecule is Cc1ccc(N2N=NC3C(=O)NC(=O)C32)cc1F. The fraction of sp³-hybridized carbons (Fsp3) is 0.273. The molecule has 2 aliphatic rings. The van der Waals surface area contributed by atoms with Crippen LogP contribution in [0.15, 0.2) is 28.5 Å². The van der Waals surface area contributed by atoms with Gasteiger partial charge in [0.2, 0.25) is 0 Å². The number of nitrogens with one attached hydrogen (secondary N) is 1. The third-order valence-electron chi connectivity index (χ3n) is 3.04. The van der Waals surface area contributed by atoms with Crippen molar-refractivity contribution in [3.05, 3.63) is 29.6 Å². The van der Waals surface area contributed by atoms with Gasteiger partial charge in [0.25, 0.3) is 11.8 Å². The van der Waals surface area contributed by atoms with Crippen molar-refractivity contribution in [3.63, 3.8) is 0 Å². The highest BCUT2D eigenvalue weighted by atomic mass is 19.1. The number of nitrogens with zero attached hydrogens (tertiary/aromatic N) is 3. The second-order valence-electron chi connectivity index (χ2n) is 4.23. The van der Waals surface area contributed by atoms with E-state index in [1.54, 1.807) is 19.1 Å². The summed E-state index contributed by atoms with van der Waals surface area (Å²) in [5.74, 6) is -1.32. The van der Waals surface area contributed by atoms with Gasteiger partial charge < -0.3 is 0 Å². The van der Waals surface area contributed by atoms with Crippen molar-refractivity contribution < 1.29 is 14.0 Å². The maximum absolute atomic E-state index is 13.5. The third kappa shape index (κ3) is 1.40. The Morgan fingerprint density at radius 1 is 1.33 bits per heavy atom. The van der Waals surface area contributed by atoms with Crippen molar-refractivity contribution in [2.75, 3.05) is 5.01 Å². The molecule has 0 saturated carbocycles. The highest BCUT2D eigenvalue weighted by Gasteiger charge is 2.50. The van der Waals surface area contributed by atoms with Crippen LogP contribution in [-0.2, 0) is 9.59 Å². The molecule has 1 saturated heterocycles. The molecule has 0 spiro atoms. The van der Waals surface area contributed by atoms with E-state index in [2.05, 4.69) is 15.7 Å². The summed E-state index contributed by atoms with van der Waals surface area (Å²) < 4.78 is 13.5. The highest BCUT2D eigenvalue weighted by Crippen LogP contribution is 2.29. The highest BCUT2D eigenvalue weighted by molar-refractivity contribution is 6.11. The van der Waals surface area contributed by atoms with Gasteiger partial charge in [0, 0.05) is 0 Å². The zero-order valence-corrected chi connectivity index (χ0v) is 9.42. The van der Waals surface area contributed by atoms with Gasteiger partial charge >= 0.3 is 0 Å². The average Bonchev–Trinajstić information content (AvgIpc) is 2.87. The molecule has 0 bridgehead atoms. The van der Waals surface area contributed by atoms with Gasteiger partial charge in [-0.2, -0.15) is 5.11 Å². The number of carbonyl (C=O) groups excluding carboxylic acids is 2. The van der Waals surface area contributed by atoms with Crippen LogP contribution in [0.4, 0.5) is 10.1 Å². The predicted molar refractivity (Wildman–Crippen MR) is 59.2 cm³/mol. The molecule has 2 heterocycles. The molecular weight excluding hydrogens is 239 g/mol. The van der Waals surface area contributed by atoms with Gasteiger partial charge in [-0.05, 0) is 24.6 Å². The van der Waals surface area contributed by atoms with Gasteiger partial charge in [-0.3, -0.25) is 14.9 Å². The van der Waals surface area contributed by atoms with E-state index in [1.165, 1.54) is 11.1 Å². The molecule has 2 aliphatic heterocycles. The van der Waals surface area contributed by atoms with Gasteiger partial charge in [0.1, 0.15) is 5.82 Å². The minimum atomic E-state index is -0.832. The number of fused-ring (bicyclic) bond motifs is 1. The smallest absolute Gasteiger partial charge is 0.256 e. The third-order valence-corrected chi connectivity index (χ3v) is 3.04. The summed E-state index contributed by atoms with van der Waals surface area (Å²) in [5.41, 5.74) is 0.901. The molecule has 7 heteroatoms. The summed E-state index contributed by atoms with van der Waals surface area (Å²) in [6.07, 6.45) is 0. The molecule has 1 aromatic carbocycles. The number of rotatable bonds is 1. The Bertz CT molecular complexity index is 586. The number of carbonyl (C=O) groups is 2. The number of amides is 2. The van der Waals surface area contributed by atoms with Gasteiger partial charge in [-0.1, -0.05) is 11.3 Å². The quantitative estimate of drug-likeness (QED) is 0.744. The van der Waals surface area contributed by atoms with Crippen LogP contribution >= 0.6 is 0 Å². The largest absolute Gasteiger partial charge is 0.292 e. The van der Waals surface area contributed by atoms with Crippen molar-refractivity contribution in [3.8, 4) is 0 Å². The predicted octanol–water partition coefficient (Wildman–Crippen LogP) is 0.715. The van der Waals surface area contributed by atoms with Crippen LogP contribution < -0.4 is 10.3 Å². The number of benzene rings is 1. The van der Waals surface area contributed by atoms with E-state index in [-0.39, 0.29) is 0 Å². The second-order valence-corrected chi connectivity index (χ2v) is 4.23. The summed E-state index contributed by atoms with van der Waals surface area (Å²) in [6.45, 7) is 1.64. The summed E-state index contributed by atoms with van der Waals surface area (Å²) >= 11 is 0. The molecule has 1 aromatic rings. The Balaban J connectivity index is 1.98. The molecule has 92 valence electrons. The Morgan fingerprint density at radius 3 is 2.83 bits per heavy atom. The summed E-state index contributed by atoms with van der Waals surface area (Å²) in [4.78, 5) is 23.0. The van der Waals surface area contributed by atoms with E-state index in [0.717, 1.165) is 0 Å². The van der Waals surface area contributed by atoms with Crippen molar-refractivity contribution in [2.24, 2.45) is 10.3 Å². The molecule has 0 aromatic heterocycles. The van der Waals surface area contributed by atoms with E-state index >= 15 is 0 Å². The minimum absolute atomic E-state index is 0.393. The van der Waals surface area contributed by atoms with E-state index in [9.17, 15) is 14.0 Å². The van der Waals surface area contributed by atoms with E-state index in [0.29, 0.717) is 11.3 Å². The molecule has 1 fully saturated rings. The lowest BCUT2D eigenvalue weighted by Crippen LogP contribution is -2.38. The first-order valence-electron chi connectivity index (χ1n) is 5.39. The van der Waals surface area contributed by atoms with Crippen LogP contribution in [0.1, 0.15) is 5.56 Å². The lowest BCUT2D eigenvalue weighted by molar-refractivity contribution is -0.125. The number of hydrogen-bond donors (Lipinski definition) is 1. The summed E-state index contributed by atoms with van der Waals surface area (Å²) in [7, 11) is 0. The van der Waals surface area contributed by atoms with E-state index in [4.69, 9.17) is 0 Å². The molecule has 2 unspecified atom stereocenters. The van der Waals surface area contributed by atoms with Crippen LogP contribution in [0.3, 0.4) is 0 Å². The van der Waals surface area contributed by atoms with Crippen molar-refractivity contribution in [1.82, 2.24) is 5.32 Å². The number of hydrogen-bond acceptors (Lipinski definition) is 5. The van der Waals surface area contributed by atoms with E-state index < -0.39 is 29.7 Å². The summed E-state index contributed by atoms with van der Waals surface area (Å²) in [5, 5.41) is 11.0. The molecular formula is C11H9FN4O2. The van der Waals surface area contributed by atoms with Gasteiger partial charge in [0.05, 0.1) is 5.69 Å². The Hall–Kier alpha value is -2.31. The van der Waals surface area contributed by atoms with Crippen LogP contribution in [0, 0.1) is 12.7 Å². The van der Waals surface area contributed by atoms with Gasteiger partial charge in [0.15, 0.2) is 12.1 Å². The molecule has 3 rings (SSSR count). The van der Waals surface area contributed by atoms with Crippen LogP contribution in [-0.4, -0.2) is 23.9 Å². The zero-order chi connectivity index (χ0) is 12.9. The van der Waals surface area contributed by atoms with Crippen LogP contribution in [0.25, 0.3) is 0 Å². The maximum atomic E-state index is 13.5. The maximum Gasteiger partial charge on any atom is 0.256 e. The first-order chi connectivity index (χ1) is 8.58. The molecule has 2 amide bonds. The topological polar surface area (TPSA) is 74.1 Å². The molecule has 0 aliphatic carbocycles. The first kappa shape index (κ1) is 10.8. The molecule has 6 nitrogen and oxygen atoms in total. The first-order valence-corrected chi connectivity index (χ1v) is 5.39. The lowest BCUT2D eigenvalue weighted by atomic mass is 10.1. The summed E-state index contributed by atoms with van der Waals surface area (Å²) in [6, 6.07) is 2.85. The lowest BCUT2D eigenvalue weighted by Gasteiger charge is -2.18. The van der Waals surface area contributed by atoms with E-state index in [1.807, 2.05) is 0 Å². The number of anilines is 1. The van der Waals surface area contributed by atoms with Crippen LogP contribution in [0.5, 0.6) is 0 Å². The zero-order valence-electron chi connectivity index (χ0n) is 9.42. The van der Waals surface area contributed by atoms with Gasteiger partial charge in [-0.25, -0.2) is 9.40 Å². The standard InChI is InChI=1S/C11H9FN4O2/c1-5-2-3-6(4-7(5)12)16-9-8(14-15-16)10(17)13-11(9)18/h2-4,8-9H,1H3,(H,13,17,18). The van der Waals surface area contributed by atoms with Crippen LogP contribution in [0.2, 0.25) is 0 Å². The number of halogens is 1. The number of aryl methyl sites for hydroxylation is 1. The molecule has 18 heavy (non-hydrogen) atoms. The van der Waals surface area contributed by atoms with Crippen molar-refractivity contribution in [2.45, 2.75) is 19.0 Å². The fourth-order valence-electron chi connectivity index (χ4n) is 2.02. The number of imide groups is 1. The Morgan fingerprint density at radius 2 is 2.11 bits per heavy atom. The monoisotopic (exact) mass is 248 g/mol. The molecule has 1 N–H and O–H groups in total. The minimum Gasteiger partial charge on any atom is -0.292 e. The molecule has 0 radical (unpaired) electrons. The normalized spacial score (nSPS) is 25.6.